The van der Waals surface area contributed by atoms with Crippen LogP contribution in [0.25, 0.3) is 12.2 Å². The van der Waals surface area contributed by atoms with Crippen molar-refractivity contribution < 1.29 is 9.47 Å². The van der Waals surface area contributed by atoms with E-state index in [0.29, 0.717) is 17.6 Å². The Morgan fingerprint density at radius 3 is 2.06 bits per heavy atom. The van der Waals surface area contributed by atoms with E-state index in [9.17, 15) is 0 Å². The fraction of sp³-hybridized carbons (Fsp3) is 0.143. The monoisotopic (exact) mass is 242 g/mol. The highest BCUT2D eigenvalue weighted by Crippen LogP contribution is 2.16. The van der Waals surface area contributed by atoms with Gasteiger partial charge < -0.3 is 9.47 Å². The van der Waals surface area contributed by atoms with Gasteiger partial charge >= 0.3 is 0 Å². The van der Waals surface area contributed by atoms with Gasteiger partial charge in [-0.3, -0.25) is 0 Å². The molecule has 4 nitrogen and oxygen atoms in total. The first-order valence-corrected chi connectivity index (χ1v) is 5.52. The molecule has 0 saturated heterocycles. The van der Waals surface area contributed by atoms with E-state index >= 15 is 0 Å². The fourth-order valence-electron chi connectivity index (χ4n) is 1.44. The summed E-state index contributed by atoms with van der Waals surface area (Å²) in [5.41, 5.74) is 1.09. The van der Waals surface area contributed by atoms with E-state index < -0.39 is 0 Å². The van der Waals surface area contributed by atoms with Gasteiger partial charge in [0.25, 0.3) is 0 Å². The zero-order valence-corrected chi connectivity index (χ0v) is 10.3. The smallest absolute Gasteiger partial charge is 0.220 e. The molecule has 2 aromatic rings. The van der Waals surface area contributed by atoms with E-state index in [1.54, 1.807) is 20.3 Å². The van der Waals surface area contributed by atoms with Crippen molar-refractivity contribution in [2.45, 2.75) is 0 Å². The topological polar surface area (TPSA) is 44.2 Å². The molecule has 1 aromatic heterocycles. The standard InChI is InChI=1S/C14H14N2O2/c1-17-13-10-14(18-2)16-12(15-13)9-8-11-6-4-3-5-7-11/h3-10H,1-2H3. The maximum absolute atomic E-state index is 5.08. The molecule has 1 heterocycles. The Hall–Kier alpha value is -2.36. The molecule has 0 saturated carbocycles. The Balaban J connectivity index is 2.25. The number of rotatable bonds is 4. The van der Waals surface area contributed by atoms with Crippen LogP contribution >= 0.6 is 0 Å². The number of methoxy groups -OCH3 is 2. The molecular formula is C14H14N2O2. The molecule has 0 radical (unpaired) electrons. The third-order valence-corrected chi connectivity index (χ3v) is 2.34. The van der Waals surface area contributed by atoms with E-state index in [1.807, 2.05) is 42.5 Å². The average Bonchev–Trinajstić information content (AvgIpc) is 2.45. The molecule has 1 aromatic carbocycles. The quantitative estimate of drug-likeness (QED) is 0.826. The van der Waals surface area contributed by atoms with Crippen LogP contribution in [0.15, 0.2) is 36.4 Å². The molecule has 0 amide bonds. The maximum Gasteiger partial charge on any atom is 0.220 e. The van der Waals surface area contributed by atoms with Crippen molar-refractivity contribution in [3.05, 3.63) is 47.8 Å². The molecule has 0 aliphatic heterocycles. The first-order valence-electron chi connectivity index (χ1n) is 5.52. The maximum atomic E-state index is 5.08. The zero-order valence-electron chi connectivity index (χ0n) is 10.3. The molecule has 0 atom stereocenters. The van der Waals surface area contributed by atoms with Gasteiger partial charge in [-0.05, 0) is 11.6 Å². The van der Waals surface area contributed by atoms with E-state index in [4.69, 9.17) is 9.47 Å². The van der Waals surface area contributed by atoms with Crippen LogP contribution in [0.3, 0.4) is 0 Å². The summed E-state index contributed by atoms with van der Waals surface area (Å²) in [6.07, 6.45) is 3.76. The third kappa shape index (κ3) is 3.07. The minimum atomic E-state index is 0.481. The highest BCUT2D eigenvalue weighted by Gasteiger charge is 2.02. The Labute approximate surface area is 106 Å². The molecule has 2 rings (SSSR count). The minimum absolute atomic E-state index is 0.481. The number of nitrogens with zero attached hydrogens (tertiary/aromatic N) is 2. The van der Waals surface area contributed by atoms with Crippen LogP contribution in [-0.2, 0) is 0 Å². The van der Waals surface area contributed by atoms with Crippen molar-refractivity contribution in [2.24, 2.45) is 0 Å². The van der Waals surface area contributed by atoms with Gasteiger partial charge in [-0.1, -0.05) is 36.4 Å². The van der Waals surface area contributed by atoms with Gasteiger partial charge in [0.1, 0.15) is 0 Å². The first-order chi connectivity index (χ1) is 8.81. The van der Waals surface area contributed by atoms with Gasteiger partial charge in [0.2, 0.25) is 11.8 Å². The highest BCUT2D eigenvalue weighted by molar-refractivity contribution is 5.66. The van der Waals surface area contributed by atoms with Gasteiger partial charge in [-0.15, -0.1) is 0 Å². The lowest BCUT2D eigenvalue weighted by Crippen LogP contribution is -1.96. The summed E-state index contributed by atoms with van der Waals surface area (Å²) < 4.78 is 10.2. The lowest BCUT2D eigenvalue weighted by Gasteiger charge is -2.03. The van der Waals surface area contributed by atoms with E-state index in [-0.39, 0.29) is 0 Å². The van der Waals surface area contributed by atoms with Crippen LogP contribution in [0.2, 0.25) is 0 Å². The van der Waals surface area contributed by atoms with Crippen molar-refractivity contribution in [1.29, 1.82) is 0 Å². The van der Waals surface area contributed by atoms with Gasteiger partial charge in [-0.2, -0.15) is 9.97 Å². The Bertz CT molecular complexity index is 516. The van der Waals surface area contributed by atoms with Crippen molar-refractivity contribution in [2.75, 3.05) is 14.2 Å². The molecule has 0 aliphatic rings. The molecule has 92 valence electrons. The molecule has 0 N–H and O–H groups in total. The Morgan fingerprint density at radius 1 is 0.889 bits per heavy atom. The second-order valence-corrected chi connectivity index (χ2v) is 3.55. The molecule has 0 aliphatic carbocycles. The average molecular weight is 242 g/mol. The fourth-order valence-corrected chi connectivity index (χ4v) is 1.44. The van der Waals surface area contributed by atoms with Crippen molar-refractivity contribution in [3.8, 4) is 11.8 Å². The number of hydrogen-bond donors (Lipinski definition) is 0. The van der Waals surface area contributed by atoms with Gasteiger partial charge in [0, 0.05) is 0 Å². The van der Waals surface area contributed by atoms with Crippen LogP contribution in [0.4, 0.5) is 0 Å². The van der Waals surface area contributed by atoms with Gasteiger partial charge in [0.15, 0.2) is 5.82 Å². The summed E-state index contributed by atoms with van der Waals surface area (Å²) in [7, 11) is 3.12. The lowest BCUT2D eigenvalue weighted by molar-refractivity contribution is 0.371. The number of ether oxygens (including phenoxy) is 2. The van der Waals surface area contributed by atoms with E-state index in [1.165, 1.54) is 0 Å². The second-order valence-electron chi connectivity index (χ2n) is 3.55. The minimum Gasteiger partial charge on any atom is -0.481 e. The molecule has 0 bridgehead atoms. The van der Waals surface area contributed by atoms with Gasteiger partial charge in [-0.25, -0.2) is 0 Å². The number of benzene rings is 1. The summed E-state index contributed by atoms with van der Waals surface area (Å²) in [6.45, 7) is 0. The largest absolute Gasteiger partial charge is 0.481 e. The summed E-state index contributed by atoms with van der Waals surface area (Å²) >= 11 is 0. The predicted octanol–water partition coefficient (Wildman–Crippen LogP) is 2.66. The summed E-state index contributed by atoms with van der Waals surface area (Å²) in [4.78, 5) is 8.43. The lowest BCUT2D eigenvalue weighted by atomic mass is 10.2. The highest BCUT2D eigenvalue weighted by atomic mass is 16.5. The molecule has 0 fully saturated rings. The van der Waals surface area contributed by atoms with Crippen molar-refractivity contribution in [1.82, 2.24) is 9.97 Å². The van der Waals surface area contributed by atoms with Crippen LogP contribution in [0.5, 0.6) is 11.8 Å². The zero-order chi connectivity index (χ0) is 12.8. The summed E-state index contributed by atoms with van der Waals surface area (Å²) in [5, 5.41) is 0. The molecular weight excluding hydrogens is 228 g/mol. The number of hydrogen-bond acceptors (Lipinski definition) is 4. The molecule has 18 heavy (non-hydrogen) atoms. The first kappa shape index (κ1) is 12.1. The van der Waals surface area contributed by atoms with E-state index in [2.05, 4.69) is 9.97 Å². The SMILES string of the molecule is COc1cc(OC)nc(C=Cc2ccccc2)n1. The molecule has 0 spiro atoms. The van der Waals surface area contributed by atoms with Crippen LogP contribution in [-0.4, -0.2) is 24.2 Å². The van der Waals surface area contributed by atoms with Crippen molar-refractivity contribution in [3.63, 3.8) is 0 Å². The molecule has 0 unspecified atom stereocenters. The number of aromatic nitrogens is 2. The van der Waals surface area contributed by atoms with E-state index in [0.717, 1.165) is 5.56 Å². The second kappa shape index (κ2) is 5.82. The normalized spacial score (nSPS) is 10.6. The van der Waals surface area contributed by atoms with Crippen LogP contribution in [0, 0.1) is 0 Å². The Kier molecular flexibility index (Phi) is 3.91. The van der Waals surface area contributed by atoms with Crippen LogP contribution in [0.1, 0.15) is 11.4 Å². The summed E-state index contributed by atoms with van der Waals surface area (Å²) in [5.74, 6) is 1.51. The third-order valence-electron chi connectivity index (χ3n) is 2.34. The summed E-state index contributed by atoms with van der Waals surface area (Å²) in [6, 6.07) is 11.6. The molecule has 4 heteroatoms. The predicted molar refractivity (Wildman–Crippen MR) is 70.5 cm³/mol. The van der Waals surface area contributed by atoms with Gasteiger partial charge in [0.05, 0.1) is 20.3 Å². The Morgan fingerprint density at radius 2 is 1.50 bits per heavy atom. The van der Waals surface area contributed by atoms with Crippen LogP contribution < -0.4 is 9.47 Å². The van der Waals surface area contributed by atoms with Crippen molar-refractivity contribution >= 4 is 12.2 Å².